The van der Waals surface area contributed by atoms with Crippen molar-refractivity contribution in [3.8, 4) is 29.4 Å². The molecule has 1 N–H and O–H groups in total. The van der Waals surface area contributed by atoms with Crippen LogP contribution in [0.2, 0.25) is 0 Å². The number of aryl methyl sites for hydroxylation is 2. The van der Waals surface area contributed by atoms with Crippen molar-refractivity contribution in [1.82, 2.24) is 4.57 Å². The van der Waals surface area contributed by atoms with E-state index in [4.69, 9.17) is 9.84 Å². The minimum atomic E-state index is -0.992. The Labute approximate surface area is 264 Å². The maximum Gasteiger partial charge on any atom is 0.341 e. The quantitative estimate of drug-likeness (QED) is 0.120. The summed E-state index contributed by atoms with van der Waals surface area (Å²) in [5.74, 6) is 13.3. The molecule has 0 bridgehead atoms. The standard InChI is InChI=1S/C39H35NO3S/c1-5-6-8-29(2)10-11-31-12-17-33(18-13-31)37(24-26-44-36-22-23-38(30(3)27-36)43-28-39(41)42)34-19-14-32(15-20-34)16-21-35-9-7-25-40(35)4/h5-9,12-15,17-20,22-25,27H,26,28H2,1-4H3,(H,41,42)/b6-5-,29-8+,37-24+. The molecule has 0 radical (unpaired) electrons. The van der Waals surface area contributed by atoms with Gasteiger partial charge in [0.1, 0.15) is 5.75 Å². The lowest BCUT2D eigenvalue weighted by Crippen LogP contribution is -2.09. The Morgan fingerprint density at radius 2 is 1.64 bits per heavy atom. The van der Waals surface area contributed by atoms with E-state index in [1.165, 1.54) is 0 Å². The molecular formula is C39H35NO3S. The van der Waals surface area contributed by atoms with Crippen molar-refractivity contribution in [3.63, 3.8) is 0 Å². The minimum Gasteiger partial charge on any atom is -0.482 e. The molecule has 1 heterocycles. The first kappa shape index (κ1) is 31.8. The molecule has 44 heavy (non-hydrogen) atoms. The number of hydrogen-bond donors (Lipinski definition) is 1. The van der Waals surface area contributed by atoms with Gasteiger partial charge in [-0.2, -0.15) is 0 Å². The fourth-order valence-electron chi connectivity index (χ4n) is 4.28. The van der Waals surface area contributed by atoms with Crippen LogP contribution >= 0.6 is 11.8 Å². The molecule has 0 atom stereocenters. The number of aromatic nitrogens is 1. The van der Waals surface area contributed by atoms with Crippen molar-refractivity contribution < 1.29 is 14.6 Å². The van der Waals surface area contributed by atoms with Gasteiger partial charge in [-0.3, -0.25) is 0 Å². The number of thioether (sulfide) groups is 1. The van der Waals surface area contributed by atoms with Gasteiger partial charge in [0.2, 0.25) is 0 Å². The van der Waals surface area contributed by atoms with Crippen molar-refractivity contribution in [2.24, 2.45) is 7.05 Å². The van der Waals surface area contributed by atoms with Crippen LogP contribution in [-0.2, 0) is 11.8 Å². The van der Waals surface area contributed by atoms with Crippen LogP contribution in [0.15, 0.2) is 120 Å². The van der Waals surface area contributed by atoms with E-state index in [1.807, 2.05) is 87.1 Å². The molecule has 0 aliphatic heterocycles. The molecule has 3 aromatic carbocycles. The molecule has 0 aliphatic carbocycles. The minimum absolute atomic E-state index is 0.354. The molecule has 0 amide bonds. The third-order valence-corrected chi connectivity index (χ3v) is 7.57. The van der Waals surface area contributed by atoms with E-state index in [1.54, 1.807) is 11.8 Å². The highest BCUT2D eigenvalue weighted by Gasteiger charge is 2.08. The fraction of sp³-hybridized carbons (Fsp3) is 0.154. The monoisotopic (exact) mass is 597 g/mol. The summed E-state index contributed by atoms with van der Waals surface area (Å²) in [6.07, 6.45) is 10.2. The molecule has 0 saturated heterocycles. The molecule has 0 spiro atoms. The van der Waals surface area contributed by atoms with Crippen molar-refractivity contribution >= 4 is 23.3 Å². The lowest BCUT2D eigenvalue weighted by Gasteiger charge is -2.11. The van der Waals surface area contributed by atoms with Crippen LogP contribution in [0.4, 0.5) is 0 Å². The Morgan fingerprint density at radius 3 is 2.23 bits per heavy atom. The number of ether oxygens (including phenoxy) is 1. The van der Waals surface area contributed by atoms with Crippen molar-refractivity contribution in [2.75, 3.05) is 12.4 Å². The molecule has 0 saturated carbocycles. The lowest BCUT2D eigenvalue weighted by molar-refractivity contribution is -0.139. The van der Waals surface area contributed by atoms with Gasteiger partial charge in [0.25, 0.3) is 0 Å². The molecular weight excluding hydrogens is 563 g/mol. The molecule has 0 unspecified atom stereocenters. The third-order valence-electron chi connectivity index (χ3n) is 6.65. The first-order chi connectivity index (χ1) is 21.3. The zero-order valence-corrected chi connectivity index (χ0v) is 26.2. The Hall–Kier alpha value is -5.10. The van der Waals surface area contributed by atoms with Crippen molar-refractivity contribution in [3.05, 3.63) is 148 Å². The summed E-state index contributed by atoms with van der Waals surface area (Å²) in [6.45, 7) is 5.56. The number of carbonyl (C=O) groups is 1. The predicted octanol–water partition coefficient (Wildman–Crippen LogP) is 8.29. The molecule has 1 aromatic heterocycles. The van der Waals surface area contributed by atoms with Crippen LogP contribution in [-0.4, -0.2) is 28.0 Å². The summed E-state index contributed by atoms with van der Waals surface area (Å²) in [5.41, 5.74) is 8.14. The number of carboxylic acids is 1. The van der Waals surface area contributed by atoms with Crippen LogP contribution in [0, 0.1) is 30.6 Å². The van der Waals surface area contributed by atoms with Gasteiger partial charge in [0.05, 0.1) is 5.69 Å². The van der Waals surface area contributed by atoms with Gasteiger partial charge >= 0.3 is 5.97 Å². The number of aliphatic carboxylic acids is 1. The van der Waals surface area contributed by atoms with Crippen molar-refractivity contribution in [1.29, 1.82) is 0 Å². The van der Waals surface area contributed by atoms with Gasteiger partial charge in [-0.15, -0.1) is 11.8 Å². The number of hydrogen-bond acceptors (Lipinski definition) is 3. The molecule has 5 heteroatoms. The van der Waals surface area contributed by atoms with Crippen LogP contribution in [0.1, 0.15) is 47.4 Å². The van der Waals surface area contributed by atoms with E-state index in [9.17, 15) is 4.79 Å². The zero-order chi connectivity index (χ0) is 31.3. The van der Waals surface area contributed by atoms with Crippen LogP contribution in [0.25, 0.3) is 5.57 Å². The second-order valence-electron chi connectivity index (χ2n) is 10.1. The average Bonchev–Trinajstić information content (AvgIpc) is 3.44. The van der Waals surface area contributed by atoms with Crippen molar-refractivity contribution in [2.45, 2.75) is 25.7 Å². The Morgan fingerprint density at radius 1 is 0.955 bits per heavy atom. The number of nitrogens with zero attached hydrogens (tertiary/aromatic N) is 1. The van der Waals surface area contributed by atoms with E-state index < -0.39 is 5.97 Å². The highest BCUT2D eigenvalue weighted by atomic mass is 32.2. The van der Waals surface area contributed by atoms with Crippen LogP contribution in [0.5, 0.6) is 5.75 Å². The molecule has 4 nitrogen and oxygen atoms in total. The predicted molar refractivity (Wildman–Crippen MR) is 182 cm³/mol. The SMILES string of the molecule is C/C=C\C=C(/C)C#Cc1ccc(/C(=C\CSc2ccc(OCC(=O)O)c(C)c2)c2ccc(C#Cc3cccn3C)cc2)cc1. The summed E-state index contributed by atoms with van der Waals surface area (Å²) in [5, 5.41) is 8.91. The Balaban J connectivity index is 1.57. The van der Waals surface area contributed by atoms with Gasteiger partial charge in [0, 0.05) is 35.0 Å². The number of rotatable bonds is 9. The lowest BCUT2D eigenvalue weighted by atomic mass is 9.96. The van der Waals surface area contributed by atoms with Crippen LogP contribution < -0.4 is 4.74 Å². The van der Waals surface area contributed by atoms with Gasteiger partial charge in [-0.1, -0.05) is 66.3 Å². The van der Waals surface area contributed by atoms with Crippen LogP contribution in [0.3, 0.4) is 0 Å². The molecule has 0 fully saturated rings. The summed E-state index contributed by atoms with van der Waals surface area (Å²) >= 11 is 1.71. The molecule has 220 valence electrons. The fourth-order valence-corrected chi connectivity index (χ4v) is 5.15. The maximum absolute atomic E-state index is 10.9. The Bertz CT molecular complexity index is 1820. The normalized spacial score (nSPS) is 11.5. The first-order valence-corrected chi connectivity index (χ1v) is 15.2. The number of carboxylic acid groups (broad SMARTS) is 1. The second kappa shape index (κ2) is 15.9. The van der Waals surface area contributed by atoms with E-state index in [0.29, 0.717) is 5.75 Å². The van der Waals surface area contributed by atoms with Gasteiger partial charge in [-0.05, 0) is 109 Å². The van der Waals surface area contributed by atoms with Gasteiger partial charge in [0.15, 0.2) is 6.61 Å². The topological polar surface area (TPSA) is 51.5 Å². The van der Waals surface area contributed by atoms with E-state index in [2.05, 4.69) is 78.3 Å². The largest absolute Gasteiger partial charge is 0.482 e. The smallest absolute Gasteiger partial charge is 0.341 e. The maximum atomic E-state index is 10.9. The molecule has 4 aromatic rings. The highest BCUT2D eigenvalue weighted by Crippen LogP contribution is 2.29. The number of benzene rings is 3. The average molecular weight is 598 g/mol. The Kier molecular flexibility index (Phi) is 11.5. The summed E-state index contributed by atoms with van der Waals surface area (Å²) < 4.78 is 7.38. The first-order valence-electron chi connectivity index (χ1n) is 14.3. The summed E-state index contributed by atoms with van der Waals surface area (Å²) in [4.78, 5) is 11.9. The second-order valence-corrected chi connectivity index (χ2v) is 11.2. The summed E-state index contributed by atoms with van der Waals surface area (Å²) in [6, 6.07) is 26.5. The van der Waals surface area contributed by atoms with E-state index in [-0.39, 0.29) is 6.61 Å². The zero-order valence-electron chi connectivity index (χ0n) is 25.4. The third kappa shape index (κ3) is 9.46. The van der Waals surface area contributed by atoms with Gasteiger partial charge in [-0.25, -0.2) is 4.79 Å². The van der Waals surface area contributed by atoms with E-state index in [0.717, 1.165) is 55.3 Å². The molecule has 4 rings (SSSR count). The highest BCUT2D eigenvalue weighted by molar-refractivity contribution is 7.99. The number of allylic oxidation sites excluding steroid dienone is 4. The molecule has 0 aliphatic rings. The van der Waals surface area contributed by atoms with E-state index >= 15 is 0 Å². The summed E-state index contributed by atoms with van der Waals surface area (Å²) in [7, 11) is 1.99. The van der Waals surface area contributed by atoms with Gasteiger partial charge < -0.3 is 14.4 Å².